The molecule has 2 aliphatic heterocycles. The number of ether oxygens (including phenoxy) is 2. The van der Waals surface area contributed by atoms with Crippen molar-refractivity contribution in [2.45, 2.75) is 50.2 Å². The third kappa shape index (κ3) is 3.18. The van der Waals surface area contributed by atoms with Crippen molar-refractivity contribution >= 4 is 5.91 Å². The second kappa shape index (κ2) is 6.55. The first-order valence-electron chi connectivity index (χ1n) is 8.93. The molecular formula is C19H24N2O3. The number of pyridine rings is 1. The van der Waals surface area contributed by atoms with E-state index < -0.39 is 0 Å². The van der Waals surface area contributed by atoms with E-state index in [1.54, 1.807) is 12.4 Å². The van der Waals surface area contributed by atoms with Gasteiger partial charge in [0.25, 0.3) is 0 Å². The molecule has 1 spiro atoms. The number of aromatic nitrogens is 1. The monoisotopic (exact) mass is 328 g/mol. The molecule has 3 heterocycles. The molecule has 1 aromatic heterocycles. The van der Waals surface area contributed by atoms with Crippen LogP contribution in [0.2, 0.25) is 0 Å². The van der Waals surface area contributed by atoms with Crippen LogP contribution in [0, 0.1) is 0 Å². The van der Waals surface area contributed by atoms with Crippen LogP contribution in [-0.4, -0.2) is 47.2 Å². The molecule has 1 aliphatic carbocycles. The molecule has 2 saturated heterocycles. The van der Waals surface area contributed by atoms with Gasteiger partial charge in [-0.25, -0.2) is 0 Å². The minimum Gasteiger partial charge on any atom is -0.486 e. The molecule has 1 atom stereocenters. The number of hydrogen-bond acceptors (Lipinski definition) is 4. The fraction of sp³-hybridized carbons (Fsp3) is 0.579. The molecule has 24 heavy (non-hydrogen) atoms. The highest BCUT2D eigenvalue weighted by Gasteiger charge is 2.44. The van der Waals surface area contributed by atoms with Gasteiger partial charge >= 0.3 is 0 Å². The van der Waals surface area contributed by atoms with Crippen molar-refractivity contribution < 1.29 is 14.3 Å². The molecule has 1 aromatic rings. The van der Waals surface area contributed by atoms with E-state index in [9.17, 15) is 4.79 Å². The van der Waals surface area contributed by atoms with Crippen molar-refractivity contribution in [3.05, 3.63) is 36.2 Å². The van der Waals surface area contributed by atoms with E-state index in [-0.39, 0.29) is 17.6 Å². The Morgan fingerprint density at radius 1 is 1.38 bits per heavy atom. The number of allylic oxidation sites excluding steroid dienone is 1. The number of carbonyl (C=O) groups is 1. The normalized spacial score (nSPS) is 25.8. The Morgan fingerprint density at radius 2 is 2.25 bits per heavy atom. The summed E-state index contributed by atoms with van der Waals surface area (Å²) in [5.41, 5.74) is 0.893. The summed E-state index contributed by atoms with van der Waals surface area (Å²) in [7, 11) is 0. The summed E-state index contributed by atoms with van der Waals surface area (Å²) in [6, 6.07) is 3.80. The number of likely N-dealkylation sites (tertiary alicyclic amines) is 1. The first-order valence-corrected chi connectivity index (χ1v) is 8.93. The lowest BCUT2D eigenvalue weighted by atomic mass is 9.87. The number of nitrogens with zero attached hydrogens (tertiary/aromatic N) is 2. The van der Waals surface area contributed by atoms with Gasteiger partial charge in [0.15, 0.2) is 0 Å². The summed E-state index contributed by atoms with van der Waals surface area (Å²) >= 11 is 0. The molecule has 2 fully saturated rings. The van der Waals surface area contributed by atoms with Crippen LogP contribution >= 0.6 is 0 Å². The molecule has 1 amide bonds. The van der Waals surface area contributed by atoms with Crippen molar-refractivity contribution in [2.75, 3.05) is 19.7 Å². The van der Waals surface area contributed by atoms with Gasteiger partial charge in [0.05, 0.1) is 18.4 Å². The van der Waals surface area contributed by atoms with E-state index in [0.29, 0.717) is 6.61 Å². The van der Waals surface area contributed by atoms with E-state index in [0.717, 1.165) is 62.9 Å². The van der Waals surface area contributed by atoms with Gasteiger partial charge in [0, 0.05) is 31.3 Å². The third-order valence-electron chi connectivity index (χ3n) is 5.39. The van der Waals surface area contributed by atoms with Crippen LogP contribution in [0.25, 0.3) is 0 Å². The first kappa shape index (κ1) is 15.6. The van der Waals surface area contributed by atoms with Gasteiger partial charge in [-0.15, -0.1) is 0 Å². The van der Waals surface area contributed by atoms with Gasteiger partial charge < -0.3 is 14.4 Å². The average molecular weight is 328 g/mol. The van der Waals surface area contributed by atoms with Crippen LogP contribution in [0.15, 0.2) is 36.2 Å². The highest BCUT2D eigenvalue weighted by Crippen LogP contribution is 2.37. The fourth-order valence-corrected chi connectivity index (χ4v) is 4.02. The molecule has 1 unspecified atom stereocenters. The standard InChI is InChI=1S/C19H24N2O3/c22-18(15-4-1-2-5-15)21-10-7-19(8-11-21)12-17(14-23-19)24-16-6-3-9-20-13-16/h3-4,6,9,13,17H,1-2,5,7-8,10-12,14H2. The van der Waals surface area contributed by atoms with E-state index in [4.69, 9.17) is 9.47 Å². The van der Waals surface area contributed by atoms with Crippen molar-refractivity contribution in [3.8, 4) is 5.75 Å². The molecule has 0 N–H and O–H groups in total. The predicted octanol–water partition coefficient (Wildman–Crippen LogP) is 2.72. The van der Waals surface area contributed by atoms with Gasteiger partial charge in [0.1, 0.15) is 11.9 Å². The van der Waals surface area contributed by atoms with E-state index >= 15 is 0 Å². The largest absolute Gasteiger partial charge is 0.486 e. The fourth-order valence-electron chi connectivity index (χ4n) is 4.02. The molecular weight excluding hydrogens is 304 g/mol. The van der Waals surface area contributed by atoms with Crippen molar-refractivity contribution in [2.24, 2.45) is 0 Å². The summed E-state index contributed by atoms with van der Waals surface area (Å²) in [6.07, 6.45) is 11.5. The molecule has 5 nitrogen and oxygen atoms in total. The zero-order valence-electron chi connectivity index (χ0n) is 13.9. The second-order valence-corrected chi connectivity index (χ2v) is 7.04. The lowest BCUT2D eigenvalue weighted by Gasteiger charge is -2.38. The Hall–Kier alpha value is -1.88. The zero-order chi connectivity index (χ0) is 16.4. The molecule has 0 bridgehead atoms. The lowest BCUT2D eigenvalue weighted by Crippen LogP contribution is -2.47. The van der Waals surface area contributed by atoms with Crippen LogP contribution < -0.4 is 4.74 Å². The van der Waals surface area contributed by atoms with Gasteiger partial charge in [-0.3, -0.25) is 9.78 Å². The SMILES string of the molecule is O=C(C1=CCCC1)N1CCC2(CC1)CC(Oc1cccnc1)CO2. The Kier molecular flexibility index (Phi) is 4.27. The molecule has 3 aliphatic rings. The Morgan fingerprint density at radius 3 is 2.96 bits per heavy atom. The van der Waals surface area contributed by atoms with E-state index in [1.165, 1.54) is 0 Å². The number of amides is 1. The molecule has 0 aromatic carbocycles. The Balaban J connectivity index is 1.31. The Bertz CT molecular complexity index is 621. The minimum absolute atomic E-state index is 0.0778. The average Bonchev–Trinajstić information content (AvgIpc) is 3.27. The smallest absolute Gasteiger partial charge is 0.249 e. The van der Waals surface area contributed by atoms with Gasteiger partial charge in [0.2, 0.25) is 5.91 Å². The van der Waals surface area contributed by atoms with Gasteiger partial charge in [-0.2, -0.15) is 0 Å². The molecule has 128 valence electrons. The number of rotatable bonds is 3. The maximum atomic E-state index is 12.5. The second-order valence-electron chi connectivity index (χ2n) is 7.04. The van der Waals surface area contributed by atoms with Crippen LogP contribution in [-0.2, 0) is 9.53 Å². The predicted molar refractivity (Wildman–Crippen MR) is 89.7 cm³/mol. The molecule has 4 rings (SSSR count). The maximum absolute atomic E-state index is 12.5. The first-order chi connectivity index (χ1) is 11.7. The number of piperidine rings is 1. The van der Waals surface area contributed by atoms with Crippen molar-refractivity contribution in [1.29, 1.82) is 0 Å². The van der Waals surface area contributed by atoms with Gasteiger partial charge in [-0.05, 0) is 44.2 Å². The maximum Gasteiger partial charge on any atom is 0.249 e. The lowest BCUT2D eigenvalue weighted by molar-refractivity contribution is -0.132. The summed E-state index contributed by atoms with van der Waals surface area (Å²) < 4.78 is 12.1. The number of carbonyl (C=O) groups excluding carboxylic acids is 1. The highest BCUT2D eigenvalue weighted by atomic mass is 16.6. The van der Waals surface area contributed by atoms with Crippen molar-refractivity contribution in [3.63, 3.8) is 0 Å². The summed E-state index contributed by atoms with van der Waals surface area (Å²) in [4.78, 5) is 18.6. The van der Waals surface area contributed by atoms with E-state index in [2.05, 4.69) is 11.1 Å². The third-order valence-corrected chi connectivity index (χ3v) is 5.39. The zero-order valence-corrected chi connectivity index (χ0v) is 13.9. The summed E-state index contributed by atoms with van der Waals surface area (Å²) in [6.45, 7) is 2.19. The van der Waals surface area contributed by atoms with Crippen molar-refractivity contribution in [1.82, 2.24) is 9.88 Å². The van der Waals surface area contributed by atoms with Crippen LogP contribution in [0.5, 0.6) is 5.75 Å². The van der Waals surface area contributed by atoms with Crippen LogP contribution in [0.1, 0.15) is 38.5 Å². The minimum atomic E-state index is -0.117. The number of hydrogen-bond donors (Lipinski definition) is 0. The van der Waals surface area contributed by atoms with Crippen LogP contribution in [0.4, 0.5) is 0 Å². The Labute approximate surface area is 142 Å². The van der Waals surface area contributed by atoms with E-state index in [1.807, 2.05) is 17.0 Å². The molecule has 0 radical (unpaired) electrons. The summed E-state index contributed by atoms with van der Waals surface area (Å²) in [5, 5.41) is 0. The van der Waals surface area contributed by atoms with Crippen LogP contribution in [0.3, 0.4) is 0 Å². The quantitative estimate of drug-likeness (QED) is 0.856. The summed E-state index contributed by atoms with van der Waals surface area (Å²) in [5.74, 6) is 1.03. The molecule has 5 heteroatoms. The molecule has 0 saturated carbocycles. The highest BCUT2D eigenvalue weighted by molar-refractivity contribution is 5.93. The topological polar surface area (TPSA) is 51.7 Å². The van der Waals surface area contributed by atoms with Gasteiger partial charge in [-0.1, -0.05) is 6.08 Å².